The summed E-state index contributed by atoms with van der Waals surface area (Å²) in [5, 5.41) is 0. The lowest BCUT2D eigenvalue weighted by molar-refractivity contribution is 0.112. The molecule has 2 rings (SSSR count). The number of hydrogen-bond donors (Lipinski definition) is 0. The van der Waals surface area contributed by atoms with Gasteiger partial charge in [-0.1, -0.05) is 74.7 Å². The minimum absolute atomic E-state index is 0.816. The van der Waals surface area contributed by atoms with Crippen LogP contribution in [-0.4, -0.2) is 6.29 Å². The Balaban J connectivity index is 2.08. The molecule has 0 saturated carbocycles. The molecule has 110 valence electrons. The standard InChI is InChI=1S/C20H24O/c1-2-3-4-6-11-18-12-13-19(16-21)20(15-18)14-17-9-7-5-8-10-17/h5,7-10,12-13,15-16H,2-4,6,11,14H2,1H3. The second kappa shape index (κ2) is 8.41. The highest BCUT2D eigenvalue weighted by molar-refractivity contribution is 5.77. The van der Waals surface area contributed by atoms with Crippen molar-refractivity contribution in [3.05, 3.63) is 70.8 Å². The number of aryl methyl sites for hydroxylation is 1. The van der Waals surface area contributed by atoms with E-state index in [-0.39, 0.29) is 0 Å². The number of carbonyl (C=O) groups is 1. The molecule has 0 spiro atoms. The van der Waals surface area contributed by atoms with Gasteiger partial charge in [-0.2, -0.15) is 0 Å². The lowest BCUT2D eigenvalue weighted by atomic mass is 9.96. The van der Waals surface area contributed by atoms with E-state index in [0.29, 0.717) is 0 Å². The average molecular weight is 280 g/mol. The molecule has 0 saturated heterocycles. The predicted octanol–water partition coefficient (Wildman–Crippen LogP) is 5.21. The Morgan fingerprint density at radius 3 is 2.43 bits per heavy atom. The highest BCUT2D eigenvalue weighted by atomic mass is 16.1. The Labute approximate surface area is 128 Å². The average Bonchev–Trinajstić information content (AvgIpc) is 2.53. The molecule has 0 aliphatic rings. The van der Waals surface area contributed by atoms with Gasteiger partial charge in [0.15, 0.2) is 0 Å². The van der Waals surface area contributed by atoms with E-state index in [4.69, 9.17) is 0 Å². The number of unbranched alkanes of at least 4 members (excludes halogenated alkanes) is 3. The molecular formula is C20H24O. The monoisotopic (exact) mass is 280 g/mol. The molecular weight excluding hydrogens is 256 g/mol. The van der Waals surface area contributed by atoms with Crippen LogP contribution in [0.4, 0.5) is 0 Å². The van der Waals surface area contributed by atoms with Crippen LogP contribution in [0.5, 0.6) is 0 Å². The quantitative estimate of drug-likeness (QED) is 0.479. The maximum absolute atomic E-state index is 11.2. The van der Waals surface area contributed by atoms with Crippen molar-refractivity contribution < 1.29 is 4.79 Å². The molecule has 0 unspecified atom stereocenters. The molecule has 0 atom stereocenters. The molecule has 0 aliphatic carbocycles. The van der Waals surface area contributed by atoms with Gasteiger partial charge in [-0.15, -0.1) is 0 Å². The van der Waals surface area contributed by atoms with Crippen LogP contribution in [-0.2, 0) is 12.8 Å². The fourth-order valence-corrected chi connectivity index (χ4v) is 2.65. The normalized spacial score (nSPS) is 10.5. The third-order valence-electron chi connectivity index (χ3n) is 3.89. The van der Waals surface area contributed by atoms with Crippen molar-refractivity contribution in [2.24, 2.45) is 0 Å². The van der Waals surface area contributed by atoms with Crippen LogP contribution in [0, 0.1) is 0 Å². The second-order valence-electron chi connectivity index (χ2n) is 5.62. The summed E-state index contributed by atoms with van der Waals surface area (Å²) in [6.45, 7) is 2.23. The molecule has 0 heterocycles. The third-order valence-corrected chi connectivity index (χ3v) is 3.89. The van der Waals surface area contributed by atoms with Crippen LogP contribution < -0.4 is 0 Å². The molecule has 1 nitrogen and oxygen atoms in total. The second-order valence-corrected chi connectivity index (χ2v) is 5.62. The van der Waals surface area contributed by atoms with Gasteiger partial charge in [0.25, 0.3) is 0 Å². The molecule has 21 heavy (non-hydrogen) atoms. The number of carbonyl (C=O) groups excluding carboxylic acids is 1. The predicted molar refractivity (Wildman–Crippen MR) is 88.9 cm³/mol. The van der Waals surface area contributed by atoms with Crippen LogP contribution in [0.3, 0.4) is 0 Å². The smallest absolute Gasteiger partial charge is 0.150 e. The van der Waals surface area contributed by atoms with E-state index in [0.717, 1.165) is 30.3 Å². The van der Waals surface area contributed by atoms with Gasteiger partial charge in [-0.05, 0) is 36.0 Å². The van der Waals surface area contributed by atoms with Crippen LogP contribution in [0.2, 0.25) is 0 Å². The highest BCUT2D eigenvalue weighted by Gasteiger charge is 2.05. The van der Waals surface area contributed by atoms with E-state index < -0.39 is 0 Å². The summed E-state index contributed by atoms with van der Waals surface area (Å²) in [6.07, 6.45) is 8.02. The molecule has 0 N–H and O–H groups in total. The summed E-state index contributed by atoms with van der Waals surface area (Å²) in [5.74, 6) is 0. The molecule has 0 radical (unpaired) electrons. The molecule has 0 aliphatic heterocycles. The Hall–Kier alpha value is -1.89. The maximum atomic E-state index is 11.2. The van der Waals surface area contributed by atoms with E-state index in [2.05, 4.69) is 31.2 Å². The van der Waals surface area contributed by atoms with Crippen molar-refractivity contribution in [1.82, 2.24) is 0 Å². The zero-order valence-electron chi connectivity index (χ0n) is 12.8. The van der Waals surface area contributed by atoms with Gasteiger partial charge in [0.05, 0.1) is 0 Å². The Morgan fingerprint density at radius 1 is 0.905 bits per heavy atom. The Bertz CT molecular complexity index is 557. The van der Waals surface area contributed by atoms with E-state index >= 15 is 0 Å². The fraction of sp³-hybridized carbons (Fsp3) is 0.350. The summed E-state index contributed by atoms with van der Waals surface area (Å²) in [7, 11) is 0. The Kier molecular flexibility index (Phi) is 6.21. The molecule has 0 amide bonds. The summed E-state index contributed by atoms with van der Waals surface area (Å²) >= 11 is 0. The van der Waals surface area contributed by atoms with Crippen LogP contribution in [0.1, 0.15) is 59.7 Å². The van der Waals surface area contributed by atoms with Crippen molar-refractivity contribution >= 4 is 6.29 Å². The van der Waals surface area contributed by atoms with Gasteiger partial charge in [-0.3, -0.25) is 4.79 Å². The molecule has 0 fully saturated rings. The van der Waals surface area contributed by atoms with Gasteiger partial charge >= 0.3 is 0 Å². The van der Waals surface area contributed by atoms with Gasteiger partial charge in [0, 0.05) is 5.56 Å². The van der Waals surface area contributed by atoms with Gasteiger partial charge < -0.3 is 0 Å². The fourth-order valence-electron chi connectivity index (χ4n) is 2.65. The molecule has 2 aromatic carbocycles. The van der Waals surface area contributed by atoms with Gasteiger partial charge in [-0.25, -0.2) is 0 Å². The third kappa shape index (κ3) is 4.86. The van der Waals surface area contributed by atoms with Crippen LogP contribution in [0.15, 0.2) is 48.5 Å². The summed E-state index contributed by atoms with van der Waals surface area (Å²) in [6, 6.07) is 16.6. The highest BCUT2D eigenvalue weighted by Crippen LogP contribution is 2.17. The van der Waals surface area contributed by atoms with Crippen molar-refractivity contribution in [3.63, 3.8) is 0 Å². The summed E-state index contributed by atoms with van der Waals surface area (Å²) in [5.41, 5.74) is 4.56. The first-order chi connectivity index (χ1) is 10.3. The minimum atomic E-state index is 0.816. The van der Waals surface area contributed by atoms with Crippen molar-refractivity contribution in [2.45, 2.75) is 45.4 Å². The zero-order valence-corrected chi connectivity index (χ0v) is 12.8. The maximum Gasteiger partial charge on any atom is 0.150 e. The SMILES string of the molecule is CCCCCCc1ccc(C=O)c(Cc2ccccc2)c1. The van der Waals surface area contributed by atoms with Crippen molar-refractivity contribution in [1.29, 1.82) is 0 Å². The largest absolute Gasteiger partial charge is 0.298 e. The Morgan fingerprint density at radius 2 is 1.71 bits per heavy atom. The molecule has 2 aromatic rings. The molecule has 0 aromatic heterocycles. The first-order valence-electron chi connectivity index (χ1n) is 7.94. The summed E-state index contributed by atoms with van der Waals surface area (Å²) in [4.78, 5) is 11.2. The van der Waals surface area contributed by atoms with E-state index in [1.807, 2.05) is 24.3 Å². The zero-order chi connectivity index (χ0) is 14.9. The van der Waals surface area contributed by atoms with Crippen LogP contribution in [0.25, 0.3) is 0 Å². The van der Waals surface area contributed by atoms with Gasteiger partial charge in [0.1, 0.15) is 6.29 Å². The topological polar surface area (TPSA) is 17.1 Å². The summed E-state index contributed by atoms with van der Waals surface area (Å²) < 4.78 is 0. The first-order valence-corrected chi connectivity index (χ1v) is 7.94. The van der Waals surface area contributed by atoms with Crippen molar-refractivity contribution in [3.8, 4) is 0 Å². The number of aldehydes is 1. The molecule has 0 bridgehead atoms. The number of rotatable bonds is 8. The number of hydrogen-bond acceptors (Lipinski definition) is 1. The van der Waals surface area contributed by atoms with Crippen LogP contribution >= 0.6 is 0 Å². The van der Waals surface area contributed by atoms with E-state index in [1.165, 1.54) is 36.8 Å². The van der Waals surface area contributed by atoms with E-state index in [1.54, 1.807) is 0 Å². The lowest BCUT2D eigenvalue weighted by Gasteiger charge is -2.09. The first kappa shape index (κ1) is 15.5. The van der Waals surface area contributed by atoms with E-state index in [9.17, 15) is 4.79 Å². The lowest BCUT2D eigenvalue weighted by Crippen LogP contribution is -1.97. The number of benzene rings is 2. The molecule has 1 heteroatoms. The van der Waals surface area contributed by atoms with Crippen molar-refractivity contribution in [2.75, 3.05) is 0 Å². The van der Waals surface area contributed by atoms with Gasteiger partial charge in [0.2, 0.25) is 0 Å². The minimum Gasteiger partial charge on any atom is -0.298 e.